The Bertz CT molecular complexity index is 700. The minimum absolute atomic E-state index is 0.144. The van der Waals surface area contributed by atoms with Gasteiger partial charge in [0.1, 0.15) is 5.00 Å². The third kappa shape index (κ3) is 3.90. The number of hydrogen-bond acceptors (Lipinski definition) is 4. The van der Waals surface area contributed by atoms with Crippen LogP contribution in [0.15, 0.2) is 28.5 Å². The Morgan fingerprint density at radius 1 is 1.23 bits per heavy atom. The number of anilines is 1. The van der Waals surface area contributed by atoms with E-state index in [9.17, 15) is 9.59 Å². The van der Waals surface area contributed by atoms with Crippen molar-refractivity contribution < 1.29 is 9.59 Å². The van der Waals surface area contributed by atoms with Crippen LogP contribution in [0.2, 0.25) is 0 Å². The lowest BCUT2D eigenvalue weighted by molar-refractivity contribution is -0.113. The van der Waals surface area contributed by atoms with E-state index in [0.29, 0.717) is 16.3 Å². The van der Waals surface area contributed by atoms with Crippen molar-refractivity contribution in [2.75, 3.05) is 11.1 Å². The topological polar surface area (TPSA) is 72.2 Å². The van der Waals surface area contributed by atoms with Crippen molar-refractivity contribution in [3.8, 4) is 0 Å². The SMILES string of the molecule is Cc1cc(C)c(SCC(=O)Nc2sccc2C(N)=O)c(C)c1. The fourth-order valence-corrected chi connectivity index (χ4v) is 4.02. The van der Waals surface area contributed by atoms with Gasteiger partial charge in [0.2, 0.25) is 5.91 Å². The maximum absolute atomic E-state index is 12.1. The van der Waals surface area contributed by atoms with Crippen molar-refractivity contribution in [1.29, 1.82) is 0 Å². The summed E-state index contributed by atoms with van der Waals surface area (Å²) in [6.45, 7) is 6.15. The molecule has 2 aromatic rings. The second-order valence-corrected chi connectivity index (χ2v) is 6.99. The van der Waals surface area contributed by atoms with Gasteiger partial charge in [0, 0.05) is 4.90 Å². The van der Waals surface area contributed by atoms with Crippen LogP contribution < -0.4 is 11.1 Å². The summed E-state index contributed by atoms with van der Waals surface area (Å²) in [6, 6.07) is 5.83. The number of thioether (sulfide) groups is 1. The van der Waals surface area contributed by atoms with Gasteiger partial charge in [0.05, 0.1) is 11.3 Å². The highest BCUT2D eigenvalue weighted by atomic mass is 32.2. The molecule has 4 nitrogen and oxygen atoms in total. The van der Waals surface area contributed by atoms with Crippen LogP contribution in [-0.2, 0) is 4.79 Å². The molecule has 2 amide bonds. The van der Waals surface area contributed by atoms with Gasteiger partial charge in [-0.1, -0.05) is 17.7 Å². The van der Waals surface area contributed by atoms with E-state index in [0.717, 1.165) is 4.90 Å². The number of carbonyl (C=O) groups excluding carboxylic acids is 2. The van der Waals surface area contributed by atoms with E-state index < -0.39 is 5.91 Å². The zero-order valence-electron chi connectivity index (χ0n) is 12.7. The third-order valence-corrected chi connectivity index (χ3v) is 5.30. The van der Waals surface area contributed by atoms with Crippen LogP contribution >= 0.6 is 23.1 Å². The van der Waals surface area contributed by atoms with E-state index in [-0.39, 0.29) is 5.91 Å². The molecule has 0 radical (unpaired) electrons. The molecule has 22 heavy (non-hydrogen) atoms. The van der Waals surface area contributed by atoms with Crippen molar-refractivity contribution >= 4 is 39.9 Å². The van der Waals surface area contributed by atoms with E-state index in [1.54, 1.807) is 11.4 Å². The Morgan fingerprint density at radius 3 is 2.45 bits per heavy atom. The molecule has 1 aromatic carbocycles. The van der Waals surface area contributed by atoms with E-state index in [4.69, 9.17) is 5.73 Å². The van der Waals surface area contributed by atoms with Gasteiger partial charge in [-0.2, -0.15) is 0 Å². The highest BCUT2D eigenvalue weighted by Gasteiger charge is 2.13. The van der Waals surface area contributed by atoms with Gasteiger partial charge in [-0.05, 0) is 43.3 Å². The van der Waals surface area contributed by atoms with Gasteiger partial charge >= 0.3 is 0 Å². The summed E-state index contributed by atoms with van der Waals surface area (Å²) in [6.07, 6.45) is 0. The molecule has 0 saturated heterocycles. The Labute approximate surface area is 138 Å². The molecule has 0 spiro atoms. The first kappa shape index (κ1) is 16.6. The summed E-state index contributed by atoms with van der Waals surface area (Å²) < 4.78 is 0. The van der Waals surface area contributed by atoms with Crippen molar-refractivity contribution in [2.24, 2.45) is 5.73 Å². The van der Waals surface area contributed by atoms with E-state index in [1.165, 1.54) is 39.8 Å². The number of hydrogen-bond donors (Lipinski definition) is 2. The Morgan fingerprint density at radius 2 is 1.86 bits per heavy atom. The second kappa shape index (κ2) is 6.98. The molecule has 3 N–H and O–H groups in total. The van der Waals surface area contributed by atoms with Crippen LogP contribution in [0.4, 0.5) is 5.00 Å². The zero-order chi connectivity index (χ0) is 16.3. The number of amides is 2. The van der Waals surface area contributed by atoms with E-state index in [2.05, 4.69) is 24.4 Å². The molecule has 0 aliphatic rings. The third-order valence-electron chi connectivity index (χ3n) is 3.14. The molecule has 2 rings (SSSR count). The number of aryl methyl sites for hydroxylation is 3. The van der Waals surface area contributed by atoms with Gasteiger partial charge in [0.15, 0.2) is 0 Å². The quantitative estimate of drug-likeness (QED) is 0.822. The van der Waals surface area contributed by atoms with Crippen LogP contribution in [-0.4, -0.2) is 17.6 Å². The number of benzene rings is 1. The molecule has 0 unspecified atom stereocenters. The van der Waals surface area contributed by atoms with Gasteiger partial charge < -0.3 is 11.1 Å². The highest BCUT2D eigenvalue weighted by molar-refractivity contribution is 8.00. The average molecular weight is 334 g/mol. The Hall–Kier alpha value is -1.79. The molecule has 6 heteroatoms. The summed E-state index contributed by atoms with van der Waals surface area (Å²) in [5, 5.41) is 4.99. The van der Waals surface area contributed by atoms with Crippen LogP contribution in [0, 0.1) is 20.8 Å². The smallest absolute Gasteiger partial charge is 0.251 e. The number of carbonyl (C=O) groups is 2. The molecule has 0 saturated carbocycles. The Balaban J connectivity index is 2.02. The molecular weight excluding hydrogens is 316 g/mol. The molecule has 0 aliphatic heterocycles. The van der Waals surface area contributed by atoms with Gasteiger partial charge in [-0.25, -0.2) is 0 Å². The molecule has 116 valence electrons. The standard InChI is InChI=1S/C16H18N2O2S2/c1-9-6-10(2)14(11(3)7-9)22-8-13(19)18-16-12(15(17)20)4-5-21-16/h4-7H,8H2,1-3H3,(H2,17,20)(H,18,19). The predicted octanol–water partition coefficient (Wildman–Crippen LogP) is 3.50. The van der Waals surface area contributed by atoms with Gasteiger partial charge in [-0.3, -0.25) is 9.59 Å². The van der Waals surface area contributed by atoms with Crippen LogP contribution in [0.5, 0.6) is 0 Å². The second-order valence-electron chi connectivity index (χ2n) is 5.09. The first-order valence-electron chi connectivity index (χ1n) is 6.76. The largest absolute Gasteiger partial charge is 0.366 e. The van der Waals surface area contributed by atoms with Crippen molar-refractivity contribution in [3.63, 3.8) is 0 Å². The fourth-order valence-electron chi connectivity index (χ4n) is 2.29. The first-order valence-corrected chi connectivity index (χ1v) is 8.63. The molecule has 1 heterocycles. The maximum Gasteiger partial charge on any atom is 0.251 e. The van der Waals surface area contributed by atoms with Crippen LogP contribution in [0.25, 0.3) is 0 Å². The van der Waals surface area contributed by atoms with Gasteiger partial charge in [0.25, 0.3) is 5.91 Å². The number of nitrogens with two attached hydrogens (primary N) is 1. The van der Waals surface area contributed by atoms with Crippen molar-refractivity contribution in [1.82, 2.24) is 0 Å². The molecular formula is C16H18N2O2S2. The monoisotopic (exact) mass is 334 g/mol. The summed E-state index contributed by atoms with van der Waals surface area (Å²) in [4.78, 5) is 24.4. The number of rotatable bonds is 5. The number of thiophene rings is 1. The fraction of sp³-hybridized carbons (Fsp3) is 0.250. The number of primary amides is 1. The van der Waals surface area contributed by atoms with Crippen molar-refractivity contribution in [3.05, 3.63) is 45.8 Å². The highest BCUT2D eigenvalue weighted by Crippen LogP contribution is 2.28. The first-order chi connectivity index (χ1) is 10.4. The van der Waals surface area contributed by atoms with Crippen LogP contribution in [0.3, 0.4) is 0 Å². The molecule has 0 fully saturated rings. The van der Waals surface area contributed by atoms with E-state index >= 15 is 0 Å². The summed E-state index contributed by atoms with van der Waals surface area (Å²) in [5.41, 5.74) is 9.18. The zero-order valence-corrected chi connectivity index (χ0v) is 14.4. The molecule has 0 bridgehead atoms. The lowest BCUT2D eigenvalue weighted by Crippen LogP contribution is -2.17. The minimum atomic E-state index is -0.533. The van der Waals surface area contributed by atoms with Crippen molar-refractivity contribution in [2.45, 2.75) is 25.7 Å². The van der Waals surface area contributed by atoms with E-state index in [1.807, 2.05) is 13.8 Å². The predicted molar refractivity (Wildman–Crippen MR) is 92.8 cm³/mol. The lowest BCUT2D eigenvalue weighted by Gasteiger charge is -2.11. The molecule has 0 atom stereocenters. The van der Waals surface area contributed by atoms with Crippen LogP contribution in [0.1, 0.15) is 27.0 Å². The summed E-state index contributed by atoms with van der Waals surface area (Å²) >= 11 is 2.80. The molecule has 1 aromatic heterocycles. The Kier molecular flexibility index (Phi) is 5.26. The minimum Gasteiger partial charge on any atom is -0.366 e. The normalized spacial score (nSPS) is 10.5. The maximum atomic E-state index is 12.1. The number of nitrogens with one attached hydrogen (secondary N) is 1. The average Bonchev–Trinajstić information content (AvgIpc) is 2.85. The van der Waals surface area contributed by atoms with Gasteiger partial charge in [-0.15, -0.1) is 23.1 Å². The summed E-state index contributed by atoms with van der Waals surface area (Å²) in [5.74, 6) is -0.385. The molecule has 0 aliphatic carbocycles. The lowest BCUT2D eigenvalue weighted by atomic mass is 10.1. The summed E-state index contributed by atoms with van der Waals surface area (Å²) in [7, 11) is 0.